The highest BCUT2D eigenvalue weighted by molar-refractivity contribution is 7.90. The molecule has 0 aromatic heterocycles. The predicted octanol–water partition coefficient (Wildman–Crippen LogP) is 3.71. The molecule has 1 aliphatic rings. The van der Waals surface area contributed by atoms with Gasteiger partial charge in [0.05, 0.1) is 10.3 Å². The summed E-state index contributed by atoms with van der Waals surface area (Å²) >= 11 is 0. The van der Waals surface area contributed by atoms with Crippen LogP contribution in [0.5, 0.6) is 0 Å². The van der Waals surface area contributed by atoms with Crippen LogP contribution in [0.2, 0.25) is 0 Å². The molecule has 0 unspecified atom stereocenters. The quantitative estimate of drug-likeness (QED) is 0.837. The summed E-state index contributed by atoms with van der Waals surface area (Å²) < 4.78 is 40.6. The van der Waals surface area contributed by atoms with Crippen molar-refractivity contribution in [2.75, 3.05) is 0 Å². The molecule has 2 aromatic rings. The average Bonchev–Trinajstić information content (AvgIpc) is 2.56. The first-order valence-corrected chi connectivity index (χ1v) is 10.3. The Hall–Kier alpha value is -2.21. The molecule has 1 fully saturated rings. The highest BCUT2D eigenvalue weighted by Crippen LogP contribution is 2.44. The maximum Gasteiger partial charge on any atom is 0.264 e. The molecule has 0 bridgehead atoms. The summed E-state index contributed by atoms with van der Waals surface area (Å²) in [6.45, 7) is 2.05. The molecule has 0 aliphatic heterocycles. The summed E-state index contributed by atoms with van der Waals surface area (Å²) in [5.74, 6) is -0.934. The van der Waals surface area contributed by atoms with Crippen LogP contribution in [0.4, 0.5) is 4.39 Å². The van der Waals surface area contributed by atoms with Crippen LogP contribution in [-0.4, -0.2) is 14.3 Å². The molecular formula is C20H22FNO3S. The minimum Gasteiger partial charge on any atom is -0.273 e. The number of aryl methyl sites for hydroxylation is 1. The van der Waals surface area contributed by atoms with Crippen molar-refractivity contribution in [3.63, 3.8) is 0 Å². The van der Waals surface area contributed by atoms with Crippen molar-refractivity contribution in [1.29, 1.82) is 0 Å². The molecule has 0 saturated heterocycles. The topological polar surface area (TPSA) is 63.2 Å². The van der Waals surface area contributed by atoms with Gasteiger partial charge in [0.2, 0.25) is 5.91 Å². The fourth-order valence-electron chi connectivity index (χ4n) is 3.35. The lowest BCUT2D eigenvalue weighted by atomic mass is 9.64. The number of carbonyl (C=O) groups is 1. The zero-order valence-corrected chi connectivity index (χ0v) is 15.5. The molecule has 26 heavy (non-hydrogen) atoms. The second kappa shape index (κ2) is 7.19. The van der Waals surface area contributed by atoms with Crippen LogP contribution >= 0.6 is 0 Å². The number of hydrogen-bond donors (Lipinski definition) is 1. The Morgan fingerprint density at radius 2 is 1.69 bits per heavy atom. The van der Waals surface area contributed by atoms with Crippen LogP contribution in [0.15, 0.2) is 53.4 Å². The largest absolute Gasteiger partial charge is 0.273 e. The van der Waals surface area contributed by atoms with E-state index in [1.165, 1.54) is 24.3 Å². The van der Waals surface area contributed by atoms with Gasteiger partial charge in [-0.15, -0.1) is 0 Å². The second-order valence-corrected chi connectivity index (χ2v) is 8.45. The molecule has 1 N–H and O–H groups in total. The molecule has 0 heterocycles. The third-order valence-electron chi connectivity index (χ3n) is 5.04. The maximum atomic E-state index is 13.2. The summed E-state index contributed by atoms with van der Waals surface area (Å²) in [5, 5.41) is 0. The molecule has 0 atom stereocenters. The molecule has 0 spiro atoms. The minimum atomic E-state index is -3.94. The van der Waals surface area contributed by atoms with E-state index < -0.39 is 21.3 Å². The van der Waals surface area contributed by atoms with E-state index in [-0.39, 0.29) is 10.7 Å². The average molecular weight is 375 g/mol. The number of hydrogen-bond acceptors (Lipinski definition) is 3. The monoisotopic (exact) mass is 375 g/mol. The molecule has 138 valence electrons. The third-order valence-corrected chi connectivity index (χ3v) is 6.38. The van der Waals surface area contributed by atoms with Gasteiger partial charge in [-0.05, 0) is 54.7 Å². The summed E-state index contributed by atoms with van der Waals surface area (Å²) in [7, 11) is -3.94. The van der Waals surface area contributed by atoms with E-state index in [0.717, 1.165) is 24.8 Å². The van der Waals surface area contributed by atoms with Gasteiger partial charge < -0.3 is 0 Å². The van der Waals surface area contributed by atoms with Crippen molar-refractivity contribution in [2.45, 2.75) is 49.3 Å². The Kier molecular flexibility index (Phi) is 5.14. The number of benzene rings is 2. The molecule has 4 nitrogen and oxygen atoms in total. The number of sulfonamides is 1. The fourth-order valence-corrected chi connectivity index (χ4v) is 4.40. The zero-order valence-electron chi connectivity index (χ0n) is 14.7. The summed E-state index contributed by atoms with van der Waals surface area (Å²) in [6, 6.07) is 12.3. The van der Waals surface area contributed by atoms with Crippen LogP contribution in [0, 0.1) is 5.82 Å². The van der Waals surface area contributed by atoms with Gasteiger partial charge in [0.15, 0.2) is 0 Å². The fraction of sp³-hybridized carbons (Fsp3) is 0.350. The van der Waals surface area contributed by atoms with Crippen LogP contribution in [0.3, 0.4) is 0 Å². The number of amides is 1. The van der Waals surface area contributed by atoms with E-state index in [9.17, 15) is 17.6 Å². The van der Waals surface area contributed by atoms with Gasteiger partial charge >= 0.3 is 0 Å². The molecule has 6 heteroatoms. The number of rotatable bonds is 6. The number of carbonyl (C=O) groups excluding carboxylic acids is 1. The molecule has 1 saturated carbocycles. The van der Waals surface area contributed by atoms with E-state index in [1.54, 1.807) is 24.3 Å². The van der Waals surface area contributed by atoms with E-state index in [4.69, 9.17) is 0 Å². The first kappa shape index (κ1) is 18.6. The first-order valence-electron chi connectivity index (χ1n) is 8.80. The van der Waals surface area contributed by atoms with Crippen molar-refractivity contribution in [1.82, 2.24) is 4.72 Å². The van der Waals surface area contributed by atoms with E-state index in [1.807, 2.05) is 0 Å². The van der Waals surface area contributed by atoms with Gasteiger partial charge in [0.25, 0.3) is 10.0 Å². The minimum absolute atomic E-state index is 0.0688. The van der Waals surface area contributed by atoms with Crippen molar-refractivity contribution >= 4 is 15.9 Å². The van der Waals surface area contributed by atoms with Gasteiger partial charge in [0, 0.05) is 0 Å². The number of nitrogens with one attached hydrogen (secondary N) is 1. The van der Waals surface area contributed by atoms with Gasteiger partial charge in [-0.3, -0.25) is 4.79 Å². The van der Waals surface area contributed by atoms with Crippen LogP contribution < -0.4 is 4.72 Å². The molecule has 0 radical (unpaired) electrons. The lowest BCUT2D eigenvalue weighted by Crippen LogP contribution is -2.50. The van der Waals surface area contributed by atoms with Gasteiger partial charge in [-0.25, -0.2) is 17.5 Å². The van der Waals surface area contributed by atoms with Crippen LogP contribution in [-0.2, 0) is 26.7 Å². The van der Waals surface area contributed by atoms with Crippen molar-refractivity contribution in [3.8, 4) is 0 Å². The SMILES string of the molecule is CCCc1ccc(S(=O)(=O)NC(=O)C2(c3ccc(F)cc3)CCC2)cc1. The van der Waals surface area contributed by atoms with Crippen molar-refractivity contribution in [3.05, 3.63) is 65.5 Å². The molecule has 1 amide bonds. The third kappa shape index (κ3) is 3.51. The Morgan fingerprint density at radius 1 is 1.08 bits per heavy atom. The second-order valence-electron chi connectivity index (χ2n) is 6.77. The summed E-state index contributed by atoms with van der Waals surface area (Å²) in [5.41, 5.74) is 0.804. The van der Waals surface area contributed by atoms with Crippen molar-refractivity contribution in [2.24, 2.45) is 0 Å². The smallest absolute Gasteiger partial charge is 0.264 e. The Morgan fingerprint density at radius 3 is 2.19 bits per heavy atom. The van der Waals surface area contributed by atoms with E-state index in [2.05, 4.69) is 11.6 Å². The molecular weight excluding hydrogens is 353 g/mol. The van der Waals surface area contributed by atoms with Crippen molar-refractivity contribution < 1.29 is 17.6 Å². The van der Waals surface area contributed by atoms with Gasteiger partial charge in [-0.2, -0.15) is 0 Å². The lowest BCUT2D eigenvalue weighted by Gasteiger charge is -2.40. The lowest BCUT2D eigenvalue weighted by molar-refractivity contribution is -0.128. The zero-order chi connectivity index (χ0) is 18.8. The Labute approximate surface area is 153 Å². The number of halogens is 1. The molecule has 2 aromatic carbocycles. The Balaban J connectivity index is 1.82. The normalized spacial score (nSPS) is 15.9. The van der Waals surface area contributed by atoms with E-state index in [0.29, 0.717) is 18.4 Å². The standard InChI is InChI=1S/C20H22FNO3S/c1-2-4-15-5-11-18(12-6-15)26(24,25)22-19(23)20(13-3-14-20)16-7-9-17(21)10-8-16/h5-12H,2-4,13-14H2,1H3,(H,22,23). The van der Waals surface area contributed by atoms with Gasteiger partial charge in [-0.1, -0.05) is 44.0 Å². The predicted molar refractivity (Wildman–Crippen MR) is 97.7 cm³/mol. The van der Waals surface area contributed by atoms with E-state index >= 15 is 0 Å². The van der Waals surface area contributed by atoms with Crippen LogP contribution in [0.25, 0.3) is 0 Å². The Bertz CT molecular complexity index is 886. The first-order chi connectivity index (χ1) is 12.4. The summed E-state index contributed by atoms with van der Waals surface area (Å²) in [4.78, 5) is 12.9. The molecule has 3 rings (SSSR count). The highest BCUT2D eigenvalue weighted by atomic mass is 32.2. The maximum absolute atomic E-state index is 13.2. The van der Waals surface area contributed by atoms with Crippen LogP contribution in [0.1, 0.15) is 43.7 Å². The van der Waals surface area contributed by atoms with Gasteiger partial charge in [0.1, 0.15) is 5.82 Å². The molecule has 1 aliphatic carbocycles. The highest BCUT2D eigenvalue weighted by Gasteiger charge is 2.46. The summed E-state index contributed by atoms with van der Waals surface area (Å²) in [6.07, 6.45) is 3.78.